The van der Waals surface area contributed by atoms with E-state index in [-0.39, 0.29) is 11.7 Å². The van der Waals surface area contributed by atoms with E-state index in [0.717, 1.165) is 19.6 Å². The quantitative estimate of drug-likeness (QED) is 0.511. The molecular weight excluding hydrogens is 218 g/mol. The van der Waals surface area contributed by atoms with E-state index in [9.17, 15) is 9.59 Å². The molecule has 0 aliphatic rings. The minimum absolute atomic E-state index is 0.0755. The van der Waals surface area contributed by atoms with E-state index in [1.807, 2.05) is 20.8 Å². The lowest BCUT2D eigenvalue weighted by atomic mass is 10.4. The van der Waals surface area contributed by atoms with Gasteiger partial charge in [-0.1, -0.05) is 20.8 Å². The van der Waals surface area contributed by atoms with Crippen LogP contribution in [0.25, 0.3) is 0 Å². The lowest BCUT2D eigenvalue weighted by Gasteiger charge is -2.06. The number of hydrogen-bond acceptors (Lipinski definition) is 4. The summed E-state index contributed by atoms with van der Waals surface area (Å²) in [7, 11) is 0. The predicted octanol–water partition coefficient (Wildman–Crippen LogP) is 0.307. The van der Waals surface area contributed by atoms with Crippen molar-refractivity contribution in [3.63, 3.8) is 0 Å². The number of carbonyl (C=O) groups excluding carboxylic acids is 2. The first-order chi connectivity index (χ1) is 8.16. The average Bonchev–Trinajstić information content (AvgIpc) is 2.34. The largest absolute Gasteiger partial charge is 0.355 e. The van der Waals surface area contributed by atoms with Crippen molar-refractivity contribution < 1.29 is 9.59 Å². The van der Waals surface area contributed by atoms with Crippen molar-refractivity contribution in [1.29, 1.82) is 0 Å². The van der Waals surface area contributed by atoms with Crippen LogP contribution in [0, 0.1) is 0 Å². The molecule has 102 valence electrons. The molecule has 0 aromatic carbocycles. The molecule has 0 saturated carbocycles. The van der Waals surface area contributed by atoms with E-state index >= 15 is 0 Å². The van der Waals surface area contributed by atoms with Gasteiger partial charge in [0.2, 0.25) is 5.91 Å². The first-order valence-electron chi connectivity index (χ1n) is 6.34. The van der Waals surface area contributed by atoms with Crippen molar-refractivity contribution in [2.24, 2.45) is 0 Å². The molecule has 17 heavy (non-hydrogen) atoms. The molecule has 0 saturated heterocycles. The second kappa shape index (κ2) is 15.1. The smallest absolute Gasteiger partial charge is 0.219 e. The number of Topliss-reactive ketones (excluding diaryl/α,β-unsaturated/α-hetero) is 1. The van der Waals surface area contributed by atoms with Crippen LogP contribution in [0.4, 0.5) is 0 Å². The highest BCUT2D eigenvalue weighted by molar-refractivity contribution is 5.77. The molecule has 0 fully saturated rings. The van der Waals surface area contributed by atoms with Gasteiger partial charge in [-0.3, -0.25) is 9.59 Å². The van der Waals surface area contributed by atoms with Crippen molar-refractivity contribution in [3.8, 4) is 0 Å². The number of nitrogens with one attached hydrogen (secondary N) is 3. The summed E-state index contributed by atoms with van der Waals surface area (Å²) in [5.41, 5.74) is 0. The maximum atomic E-state index is 10.8. The summed E-state index contributed by atoms with van der Waals surface area (Å²) in [6.45, 7) is 10.8. The van der Waals surface area contributed by atoms with Gasteiger partial charge in [0.25, 0.3) is 0 Å². The Hall–Kier alpha value is -0.940. The van der Waals surface area contributed by atoms with Crippen molar-refractivity contribution >= 4 is 11.7 Å². The Bertz CT molecular complexity index is 196. The summed E-state index contributed by atoms with van der Waals surface area (Å²) in [4.78, 5) is 21.4. The zero-order valence-corrected chi connectivity index (χ0v) is 11.6. The molecule has 0 bridgehead atoms. The molecule has 0 aromatic heterocycles. The predicted molar refractivity (Wildman–Crippen MR) is 71.1 cm³/mol. The number of ketones is 1. The Morgan fingerprint density at radius 2 is 1.47 bits per heavy atom. The standard InChI is InChI=1S/C10H21N3O2.C2H6/c1-3-10(15)13-7-6-11-4-5-12-8-9(2)14;1-2/h11-12H,3-8H2,1-2H3,(H,13,15);1-2H3. The van der Waals surface area contributed by atoms with Crippen molar-refractivity contribution in [3.05, 3.63) is 0 Å². The molecule has 0 aliphatic carbocycles. The van der Waals surface area contributed by atoms with Crippen LogP contribution in [-0.4, -0.2) is 44.4 Å². The molecule has 0 unspecified atom stereocenters. The third kappa shape index (κ3) is 17.7. The molecule has 0 atom stereocenters. The van der Waals surface area contributed by atoms with E-state index in [4.69, 9.17) is 0 Å². The van der Waals surface area contributed by atoms with Gasteiger partial charge in [-0.05, 0) is 6.92 Å². The van der Waals surface area contributed by atoms with Gasteiger partial charge >= 0.3 is 0 Å². The second-order valence-corrected chi connectivity index (χ2v) is 3.33. The first-order valence-corrected chi connectivity index (χ1v) is 6.34. The topological polar surface area (TPSA) is 70.2 Å². The van der Waals surface area contributed by atoms with Gasteiger partial charge in [-0.2, -0.15) is 0 Å². The molecular formula is C12H27N3O2. The summed E-state index contributed by atoms with van der Waals surface area (Å²) in [5, 5.41) is 8.91. The molecule has 0 spiro atoms. The van der Waals surface area contributed by atoms with E-state index in [1.165, 1.54) is 0 Å². The number of amides is 1. The van der Waals surface area contributed by atoms with Gasteiger partial charge in [0.05, 0.1) is 6.54 Å². The van der Waals surface area contributed by atoms with Crippen LogP contribution in [0.1, 0.15) is 34.1 Å². The van der Waals surface area contributed by atoms with Gasteiger partial charge < -0.3 is 16.0 Å². The second-order valence-electron chi connectivity index (χ2n) is 3.33. The molecule has 0 aliphatic heterocycles. The normalized spacial score (nSPS) is 9.18. The van der Waals surface area contributed by atoms with Gasteiger partial charge in [0.15, 0.2) is 0 Å². The van der Waals surface area contributed by atoms with Crippen LogP contribution in [0.3, 0.4) is 0 Å². The Kier molecular flexibility index (Phi) is 16.3. The van der Waals surface area contributed by atoms with Crippen molar-refractivity contribution in [1.82, 2.24) is 16.0 Å². The fraction of sp³-hybridized carbons (Fsp3) is 0.833. The minimum atomic E-state index is 0.0755. The van der Waals surface area contributed by atoms with Crippen LogP contribution in [-0.2, 0) is 9.59 Å². The maximum absolute atomic E-state index is 10.8. The van der Waals surface area contributed by atoms with Gasteiger partial charge in [-0.25, -0.2) is 0 Å². The fourth-order valence-corrected chi connectivity index (χ4v) is 0.982. The van der Waals surface area contributed by atoms with Crippen LogP contribution >= 0.6 is 0 Å². The Labute approximate surface area is 105 Å². The Morgan fingerprint density at radius 3 is 2.00 bits per heavy atom. The number of carbonyl (C=O) groups is 2. The van der Waals surface area contributed by atoms with Crippen molar-refractivity contribution in [2.75, 3.05) is 32.7 Å². The molecule has 1 amide bonds. The zero-order valence-electron chi connectivity index (χ0n) is 11.6. The van der Waals surface area contributed by atoms with E-state index in [2.05, 4.69) is 16.0 Å². The molecule has 0 heterocycles. The van der Waals surface area contributed by atoms with Crippen LogP contribution in [0.2, 0.25) is 0 Å². The summed E-state index contributed by atoms with van der Waals surface area (Å²) in [6, 6.07) is 0. The molecule has 3 N–H and O–H groups in total. The van der Waals surface area contributed by atoms with Crippen molar-refractivity contribution in [2.45, 2.75) is 34.1 Å². The lowest BCUT2D eigenvalue weighted by Crippen LogP contribution is -2.35. The third-order valence-electron chi connectivity index (χ3n) is 1.80. The van der Waals surface area contributed by atoms with E-state index in [1.54, 1.807) is 6.92 Å². The monoisotopic (exact) mass is 245 g/mol. The molecule has 5 heteroatoms. The first kappa shape index (κ1) is 18.4. The van der Waals surface area contributed by atoms with Gasteiger partial charge in [-0.15, -0.1) is 0 Å². The highest BCUT2D eigenvalue weighted by atomic mass is 16.1. The van der Waals surface area contributed by atoms with Crippen LogP contribution < -0.4 is 16.0 Å². The SMILES string of the molecule is CC.CCC(=O)NCCNCCNCC(C)=O. The van der Waals surface area contributed by atoms with E-state index in [0.29, 0.717) is 19.5 Å². The molecule has 0 radical (unpaired) electrons. The lowest BCUT2D eigenvalue weighted by molar-refractivity contribution is -0.120. The fourth-order valence-electron chi connectivity index (χ4n) is 0.982. The highest BCUT2D eigenvalue weighted by Gasteiger charge is 1.94. The van der Waals surface area contributed by atoms with Crippen LogP contribution in [0.5, 0.6) is 0 Å². The Balaban J connectivity index is 0. The van der Waals surface area contributed by atoms with E-state index < -0.39 is 0 Å². The highest BCUT2D eigenvalue weighted by Crippen LogP contribution is 1.72. The zero-order chi connectivity index (χ0) is 13.5. The number of hydrogen-bond donors (Lipinski definition) is 3. The van der Waals surface area contributed by atoms with Crippen LogP contribution in [0.15, 0.2) is 0 Å². The minimum Gasteiger partial charge on any atom is -0.355 e. The summed E-state index contributed by atoms with van der Waals surface area (Å²) < 4.78 is 0. The molecule has 0 aromatic rings. The summed E-state index contributed by atoms with van der Waals surface area (Å²) in [6.07, 6.45) is 0.528. The number of rotatable bonds is 9. The average molecular weight is 245 g/mol. The molecule has 5 nitrogen and oxygen atoms in total. The maximum Gasteiger partial charge on any atom is 0.219 e. The van der Waals surface area contributed by atoms with Gasteiger partial charge in [0, 0.05) is 32.6 Å². The third-order valence-corrected chi connectivity index (χ3v) is 1.80. The molecule has 0 rings (SSSR count). The Morgan fingerprint density at radius 1 is 0.941 bits per heavy atom. The summed E-state index contributed by atoms with van der Waals surface area (Å²) >= 11 is 0. The van der Waals surface area contributed by atoms with Gasteiger partial charge in [0.1, 0.15) is 5.78 Å². The summed E-state index contributed by atoms with van der Waals surface area (Å²) in [5.74, 6) is 0.219.